The van der Waals surface area contributed by atoms with Crippen LogP contribution in [0.1, 0.15) is 24.3 Å². The zero-order valence-electron chi connectivity index (χ0n) is 11.8. The van der Waals surface area contributed by atoms with E-state index in [1.807, 2.05) is 30.5 Å². The second-order valence-corrected chi connectivity index (χ2v) is 5.17. The fourth-order valence-corrected chi connectivity index (χ4v) is 2.67. The van der Waals surface area contributed by atoms with Crippen molar-refractivity contribution in [2.24, 2.45) is 0 Å². The minimum atomic E-state index is -0.0474. The zero-order valence-corrected chi connectivity index (χ0v) is 11.8. The van der Waals surface area contributed by atoms with Gasteiger partial charge >= 0.3 is 0 Å². The summed E-state index contributed by atoms with van der Waals surface area (Å²) >= 11 is 0. The molecule has 1 aromatic carbocycles. The number of carbonyl (C=O) groups excluding carboxylic acids is 1. The number of para-hydroxylation sites is 1. The summed E-state index contributed by atoms with van der Waals surface area (Å²) in [5.74, 6) is 0.0661. The van der Waals surface area contributed by atoms with E-state index in [-0.39, 0.29) is 11.8 Å². The molecule has 0 spiro atoms. The first-order valence-electron chi connectivity index (χ1n) is 7.29. The summed E-state index contributed by atoms with van der Waals surface area (Å²) in [6, 6.07) is 8.03. The quantitative estimate of drug-likeness (QED) is 0.814. The summed E-state index contributed by atoms with van der Waals surface area (Å²) < 4.78 is 1.77. The van der Waals surface area contributed by atoms with Crippen molar-refractivity contribution in [1.29, 1.82) is 0 Å². The van der Waals surface area contributed by atoms with Gasteiger partial charge in [0.25, 0.3) is 0 Å². The molecule has 6 nitrogen and oxygen atoms in total. The van der Waals surface area contributed by atoms with Crippen molar-refractivity contribution < 1.29 is 4.79 Å². The van der Waals surface area contributed by atoms with Crippen LogP contribution in [0.3, 0.4) is 0 Å². The summed E-state index contributed by atoms with van der Waals surface area (Å²) in [6.45, 7) is 2.27. The molecule has 6 heteroatoms. The van der Waals surface area contributed by atoms with Crippen molar-refractivity contribution >= 4 is 11.6 Å². The standard InChI is InChI=1S/C15H19N5O/c21-15(17-7-3-10-20-11-9-18-19-20)13-6-8-16-14-5-2-1-4-12(13)14/h1-2,4-5,9,11,13,16H,3,6-8,10H2,(H,17,21). The predicted molar refractivity (Wildman–Crippen MR) is 79.9 cm³/mol. The molecule has 1 unspecified atom stereocenters. The highest BCUT2D eigenvalue weighted by Crippen LogP contribution is 2.31. The smallest absolute Gasteiger partial charge is 0.227 e. The maximum atomic E-state index is 12.3. The number of aryl methyl sites for hydroxylation is 1. The highest BCUT2D eigenvalue weighted by atomic mass is 16.1. The van der Waals surface area contributed by atoms with Crippen LogP contribution in [0.5, 0.6) is 0 Å². The normalized spacial score (nSPS) is 16.9. The number of benzene rings is 1. The maximum Gasteiger partial charge on any atom is 0.227 e. The molecule has 0 saturated carbocycles. The maximum absolute atomic E-state index is 12.3. The third-order valence-corrected chi connectivity index (χ3v) is 3.74. The Bertz CT molecular complexity index is 596. The minimum absolute atomic E-state index is 0.0474. The molecule has 1 atom stereocenters. The van der Waals surface area contributed by atoms with Crippen LogP contribution in [0.2, 0.25) is 0 Å². The predicted octanol–water partition coefficient (Wildman–Crippen LogP) is 1.38. The molecule has 1 aliphatic rings. The highest BCUT2D eigenvalue weighted by molar-refractivity contribution is 5.86. The molecule has 3 rings (SSSR count). The first-order valence-corrected chi connectivity index (χ1v) is 7.29. The highest BCUT2D eigenvalue weighted by Gasteiger charge is 2.25. The monoisotopic (exact) mass is 285 g/mol. The molecular weight excluding hydrogens is 266 g/mol. The van der Waals surface area contributed by atoms with Gasteiger partial charge < -0.3 is 10.6 Å². The van der Waals surface area contributed by atoms with Crippen molar-refractivity contribution in [3.63, 3.8) is 0 Å². The number of anilines is 1. The molecule has 21 heavy (non-hydrogen) atoms. The fourth-order valence-electron chi connectivity index (χ4n) is 2.67. The molecule has 0 bridgehead atoms. The second kappa shape index (κ2) is 6.39. The molecule has 0 aliphatic carbocycles. The molecule has 0 radical (unpaired) electrons. The van der Waals surface area contributed by atoms with Crippen LogP contribution in [0.4, 0.5) is 5.69 Å². The molecule has 1 aliphatic heterocycles. The van der Waals surface area contributed by atoms with E-state index in [9.17, 15) is 4.79 Å². The molecule has 0 fully saturated rings. The largest absolute Gasteiger partial charge is 0.385 e. The number of nitrogens with zero attached hydrogens (tertiary/aromatic N) is 3. The van der Waals surface area contributed by atoms with Gasteiger partial charge in [-0.2, -0.15) is 0 Å². The molecular formula is C15H19N5O. The molecule has 2 heterocycles. The van der Waals surface area contributed by atoms with Gasteiger partial charge in [0.1, 0.15) is 0 Å². The van der Waals surface area contributed by atoms with Crippen molar-refractivity contribution in [1.82, 2.24) is 20.3 Å². The van der Waals surface area contributed by atoms with E-state index in [1.54, 1.807) is 10.9 Å². The summed E-state index contributed by atoms with van der Waals surface area (Å²) in [6.07, 6.45) is 5.17. The number of carbonyl (C=O) groups is 1. The summed E-state index contributed by atoms with van der Waals surface area (Å²) in [4.78, 5) is 12.3. The number of hydrogen-bond acceptors (Lipinski definition) is 4. The molecule has 1 aromatic heterocycles. The van der Waals surface area contributed by atoms with Gasteiger partial charge in [-0.3, -0.25) is 9.48 Å². The summed E-state index contributed by atoms with van der Waals surface area (Å²) in [7, 11) is 0. The third-order valence-electron chi connectivity index (χ3n) is 3.74. The van der Waals surface area contributed by atoms with Crippen LogP contribution in [-0.2, 0) is 11.3 Å². The van der Waals surface area contributed by atoms with Gasteiger partial charge in [0, 0.05) is 31.5 Å². The van der Waals surface area contributed by atoms with E-state index in [4.69, 9.17) is 0 Å². The molecule has 1 amide bonds. The Hall–Kier alpha value is -2.37. The summed E-state index contributed by atoms with van der Waals surface area (Å²) in [5.41, 5.74) is 2.17. The van der Waals surface area contributed by atoms with E-state index < -0.39 is 0 Å². The van der Waals surface area contributed by atoms with Crippen LogP contribution in [0.15, 0.2) is 36.7 Å². The molecule has 0 saturated heterocycles. The Morgan fingerprint density at radius 1 is 1.43 bits per heavy atom. The number of fused-ring (bicyclic) bond motifs is 1. The van der Waals surface area contributed by atoms with Crippen LogP contribution < -0.4 is 10.6 Å². The first kappa shape index (κ1) is 13.6. The Morgan fingerprint density at radius 3 is 3.19 bits per heavy atom. The Kier molecular flexibility index (Phi) is 4.14. The number of amides is 1. The average Bonchev–Trinajstić information content (AvgIpc) is 3.04. The van der Waals surface area contributed by atoms with E-state index in [1.165, 1.54) is 0 Å². The van der Waals surface area contributed by atoms with E-state index in [2.05, 4.69) is 20.9 Å². The summed E-state index contributed by atoms with van der Waals surface area (Å²) in [5, 5.41) is 14.0. The van der Waals surface area contributed by atoms with E-state index in [0.29, 0.717) is 6.54 Å². The van der Waals surface area contributed by atoms with Gasteiger partial charge in [0.05, 0.1) is 12.1 Å². The Labute approximate surface area is 123 Å². The fraction of sp³-hybridized carbons (Fsp3) is 0.400. The minimum Gasteiger partial charge on any atom is -0.385 e. The number of aromatic nitrogens is 3. The average molecular weight is 285 g/mol. The van der Waals surface area contributed by atoms with E-state index in [0.717, 1.165) is 37.2 Å². The van der Waals surface area contributed by atoms with Crippen LogP contribution in [0.25, 0.3) is 0 Å². The van der Waals surface area contributed by atoms with Gasteiger partial charge in [0.15, 0.2) is 0 Å². The Balaban J connectivity index is 1.52. The van der Waals surface area contributed by atoms with Gasteiger partial charge in [-0.15, -0.1) is 5.10 Å². The van der Waals surface area contributed by atoms with Gasteiger partial charge in [0.2, 0.25) is 5.91 Å². The lowest BCUT2D eigenvalue weighted by atomic mass is 9.90. The number of rotatable bonds is 5. The van der Waals surface area contributed by atoms with Crippen LogP contribution in [-0.4, -0.2) is 34.0 Å². The van der Waals surface area contributed by atoms with Gasteiger partial charge in [-0.25, -0.2) is 0 Å². The molecule has 2 aromatic rings. The topological polar surface area (TPSA) is 71.8 Å². The number of nitrogens with one attached hydrogen (secondary N) is 2. The zero-order chi connectivity index (χ0) is 14.5. The van der Waals surface area contributed by atoms with Crippen LogP contribution in [0, 0.1) is 0 Å². The van der Waals surface area contributed by atoms with Gasteiger partial charge in [-0.05, 0) is 24.5 Å². The van der Waals surface area contributed by atoms with Crippen molar-refractivity contribution in [3.8, 4) is 0 Å². The van der Waals surface area contributed by atoms with Crippen molar-refractivity contribution in [2.45, 2.75) is 25.3 Å². The van der Waals surface area contributed by atoms with Crippen molar-refractivity contribution in [2.75, 3.05) is 18.4 Å². The van der Waals surface area contributed by atoms with E-state index >= 15 is 0 Å². The van der Waals surface area contributed by atoms with Crippen molar-refractivity contribution in [3.05, 3.63) is 42.2 Å². The van der Waals surface area contributed by atoms with Crippen LogP contribution >= 0.6 is 0 Å². The second-order valence-electron chi connectivity index (χ2n) is 5.17. The SMILES string of the molecule is O=C(NCCCn1ccnn1)C1CCNc2ccccc21. The lowest BCUT2D eigenvalue weighted by Gasteiger charge is -2.25. The third kappa shape index (κ3) is 3.21. The first-order chi connectivity index (χ1) is 10.3. The lowest BCUT2D eigenvalue weighted by molar-refractivity contribution is -0.122. The lowest BCUT2D eigenvalue weighted by Crippen LogP contribution is -2.33. The Morgan fingerprint density at radius 2 is 2.33 bits per heavy atom. The van der Waals surface area contributed by atoms with Gasteiger partial charge in [-0.1, -0.05) is 23.4 Å². The molecule has 110 valence electrons. The number of hydrogen-bond donors (Lipinski definition) is 2. The molecule has 2 N–H and O–H groups in total.